The third-order valence-electron chi connectivity index (χ3n) is 17.7. The van der Waals surface area contributed by atoms with Gasteiger partial charge in [-0.15, -0.1) is 0 Å². The summed E-state index contributed by atoms with van der Waals surface area (Å²) in [7, 11) is 0. The summed E-state index contributed by atoms with van der Waals surface area (Å²) in [6.45, 7) is 22.5. The zero-order valence-corrected chi connectivity index (χ0v) is 50.5. The van der Waals surface area contributed by atoms with E-state index in [0.29, 0.717) is 99.6 Å². The Hall–Kier alpha value is -6.07. The number of morpholine rings is 2. The third-order valence-corrected chi connectivity index (χ3v) is 18.0. The van der Waals surface area contributed by atoms with Crippen LogP contribution >= 0.6 is 11.6 Å². The summed E-state index contributed by atoms with van der Waals surface area (Å²) in [5.41, 5.74) is 4.31. The summed E-state index contributed by atoms with van der Waals surface area (Å²) in [6, 6.07) is 21.9. The molecule has 4 N–H and O–H groups in total. The van der Waals surface area contributed by atoms with E-state index >= 15 is 0 Å². The molecule has 2 amide bonds. The SMILES string of the molecule is C[C@@H]1CN(CC(=O)N2CC(C)(C)c3[nH]c(=O)c(Cc4ccc(F)cc4)cc32)[C@@H](CN2CCO[C@H](COc3ccc(Cl)c(OC[C@@H]4CN(C[C@H]5CN[C@H](C)CN5CC(=O)N5CC(C)(C)c6[nH]c(=O)c(Cc7ccc(F)cc7)cc65)CCO4)c3)C2)CN1. The first-order valence-corrected chi connectivity index (χ1v) is 30.4. The number of carbonyl (C=O) groups excluding carboxylic acids is 2. The van der Waals surface area contributed by atoms with Gasteiger partial charge in [0.05, 0.1) is 42.7 Å². The van der Waals surface area contributed by atoms with Crippen LogP contribution in [0.1, 0.15) is 75.2 Å². The van der Waals surface area contributed by atoms with E-state index in [2.05, 4.69) is 54.0 Å². The van der Waals surface area contributed by atoms with E-state index in [-0.39, 0.29) is 90.6 Å². The second-order valence-corrected chi connectivity index (χ2v) is 26.0. The summed E-state index contributed by atoms with van der Waals surface area (Å²) in [5, 5.41) is 7.73. The van der Waals surface area contributed by atoms with Crippen LogP contribution in [0.3, 0.4) is 0 Å². The topological polar surface area (TPSA) is 180 Å². The van der Waals surface area contributed by atoms with Gasteiger partial charge >= 0.3 is 0 Å². The molecule has 0 spiro atoms. The molecule has 0 bridgehead atoms. The highest BCUT2D eigenvalue weighted by molar-refractivity contribution is 6.32. The zero-order chi connectivity index (χ0) is 59.7. The average molecular weight is 1190 g/mol. The van der Waals surface area contributed by atoms with E-state index in [1.54, 1.807) is 30.3 Å². The number of nitrogens with one attached hydrogen (secondary N) is 4. The van der Waals surface area contributed by atoms with Crippen LogP contribution < -0.4 is 41.0 Å². The first kappa shape index (κ1) is 60.6. The maximum absolute atomic E-state index is 14.4. The molecule has 4 fully saturated rings. The number of ether oxygens (including phenoxy) is 4. The van der Waals surface area contributed by atoms with Gasteiger partial charge in [0.25, 0.3) is 11.1 Å². The molecule has 0 saturated carbocycles. The van der Waals surface area contributed by atoms with E-state index in [4.69, 9.17) is 30.5 Å². The van der Waals surface area contributed by atoms with Gasteiger partial charge in [0.2, 0.25) is 11.8 Å². The number of aromatic amines is 2. The molecule has 4 saturated heterocycles. The van der Waals surface area contributed by atoms with Gasteiger partial charge in [-0.25, -0.2) is 8.78 Å². The van der Waals surface area contributed by atoms with Crippen molar-refractivity contribution in [3.8, 4) is 11.5 Å². The predicted octanol–water partition coefficient (Wildman–Crippen LogP) is 5.31. The van der Waals surface area contributed by atoms with Crippen LogP contribution in [0.2, 0.25) is 5.02 Å². The maximum atomic E-state index is 14.4. The first-order valence-electron chi connectivity index (χ1n) is 30.0. The van der Waals surface area contributed by atoms with Crippen molar-refractivity contribution in [3.05, 3.63) is 150 Å². The van der Waals surface area contributed by atoms with Crippen LogP contribution in [0.25, 0.3) is 0 Å². The Morgan fingerprint density at radius 2 is 1.07 bits per heavy atom. The van der Waals surface area contributed by atoms with Crippen molar-refractivity contribution >= 4 is 34.8 Å². The second kappa shape index (κ2) is 25.7. The highest BCUT2D eigenvalue weighted by Gasteiger charge is 2.43. The van der Waals surface area contributed by atoms with Crippen molar-refractivity contribution in [1.82, 2.24) is 40.2 Å². The lowest BCUT2D eigenvalue weighted by molar-refractivity contribution is -0.121. The van der Waals surface area contributed by atoms with Crippen molar-refractivity contribution in [1.29, 1.82) is 0 Å². The lowest BCUT2D eigenvalue weighted by atomic mass is 9.91. The van der Waals surface area contributed by atoms with Gasteiger partial charge in [-0.3, -0.25) is 38.8 Å². The number of hydrogen-bond acceptors (Lipinski definition) is 14. The number of fused-ring (bicyclic) bond motifs is 2. The van der Waals surface area contributed by atoms with Crippen LogP contribution in [0.5, 0.6) is 11.5 Å². The van der Waals surface area contributed by atoms with Gasteiger partial charge in [-0.05, 0) is 73.5 Å². The minimum atomic E-state index is -0.452. The van der Waals surface area contributed by atoms with Gasteiger partial charge in [-0.2, -0.15) is 0 Å². The molecule has 3 aromatic carbocycles. The minimum absolute atomic E-state index is 0.0204. The fraction of sp³-hybridized carbons (Fsp3) is 0.531. The third kappa shape index (κ3) is 14.4. The highest BCUT2D eigenvalue weighted by Crippen LogP contribution is 2.41. The number of anilines is 2. The number of hydrogen-bond donors (Lipinski definition) is 4. The van der Waals surface area contributed by atoms with E-state index < -0.39 is 10.8 Å². The van der Waals surface area contributed by atoms with Gasteiger partial charge in [0.1, 0.15) is 48.6 Å². The van der Waals surface area contributed by atoms with Crippen LogP contribution in [0, 0.1) is 11.6 Å². The van der Waals surface area contributed by atoms with E-state index in [9.17, 15) is 28.0 Å². The van der Waals surface area contributed by atoms with Crippen LogP contribution in [0.4, 0.5) is 20.2 Å². The highest BCUT2D eigenvalue weighted by atomic mass is 35.5. The molecule has 85 heavy (non-hydrogen) atoms. The van der Waals surface area contributed by atoms with Crippen molar-refractivity contribution in [2.45, 2.75) is 102 Å². The molecular formula is C64H81ClF2N10O8. The van der Waals surface area contributed by atoms with Crippen molar-refractivity contribution in [3.63, 3.8) is 0 Å². The smallest absolute Gasteiger partial charge is 0.251 e. The zero-order valence-electron chi connectivity index (χ0n) is 49.7. The predicted molar refractivity (Wildman–Crippen MR) is 324 cm³/mol. The van der Waals surface area contributed by atoms with Gasteiger partial charge in [-0.1, -0.05) is 63.6 Å². The first-order chi connectivity index (χ1) is 40.7. The maximum Gasteiger partial charge on any atom is 0.251 e. The van der Waals surface area contributed by atoms with E-state index in [1.165, 1.54) is 24.3 Å². The Morgan fingerprint density at radius 1 is 0.624 bits per heavy atom. The molecular weight excluding hydrogens is 1110 g/mol. The normalized spacial score (nSPS) is 24.5. The van der Waals surface area contributed by atoms with Crippen molar-refractivity contribution < 1.29 is 37.3 Å². The molecule has 456 valence electrons. The van der Waals surface area contributed by atoms with E-state index in [0.717, 1.165) is 73.2 Å². The summed E-state index contributed by atoms with van der Waals surface area (Å²) in [5.74, 6) is 0.382. The number of aromatic nitrogens is 2. The molecule has 2 aromatic heterocycles. The summed E-state index contributed by atoms with van der Waals surface area (Å²) in [6.07, 6.45) is 0.221. The fourth-order valence-corrected chi connectivity index (χ4v) is 13.3. The Labute approximate surface area is 501 Å². The van der Waals surface area contributed by atoms with Crippen LogP contribution in [0.15, 0.2) is 88.5 Å². The number of piperazine rings is 2. The Bertz CT molecular complexity index is 3330. The largest absolute Gasteiger partial charge is 0.491 e. The quantitative estimate of drug-likeness (QED) is 0.0887. The number of carbonyl (C=O) groups is 2. The summed E-state index contributed by atoms with van der Waals surface area (Å²) >= 11 is 6.72. The second-order valence-electron chi connectivity index (χ2n) is 25.6. The Balaban J connectivity index is 0.659. The number of rotatable bonds is 18. The molecule has 0 radical (unpaired) electrons. The summed E-state index contributed by atoms with van der Waals surface area (Å²) in [4.78, 5) is 74.6. The number of nitrogens with zero attached hydrogens (tertiary/aromatic N) is 6. The molecule has 6 aliphatic heterocycles. The van der Waals surface area contributed by atoms with E-state index in [1.807, 2.05) is 61.8 Å². The molecule has 11 rings (SSSR count). The van der Waals surface area contributed by atoms with Gasteiger partial charge in [0, 0.05) is 155 Å². The lowest BCUT2D eigenvalue weighted by Gasteiger charge is -2.43. The monoisotopic (exact) mass is 1190 g/mol. The van der Waals surface area contributed by atoms with Gasteiger partial charge in [0.15, 0.2) is 0 Å². The molecule has 5 aromatic rings. The molecule has 0 unspecified atom stereocenters. The van der Waals surface area contributed by atoms with Crippen molar-refractivity contribution in [2.24, 2.45) is 0 Å². The fourth-order valence-electron chi connectivity index (χ4n) is 13.1. The number of pyridine rings is 2. The Kier molecular flexibility index (Phi) is 18.3. The molecule has 21 heteroatoms. The minimum Gasteiger partial charge on any atom is -0.491 e. The average Bonchev–Trinajstić information content (AvgIpc) is 2.37. The molecule has 0 aliphatic carbocycles. The number of benzene rings is 3. The number of halogens is 3. The van der Waals surface area contributed by atoms with Crippen LogP contribution in [-0.2, 0) is 42.7 Å². The van der Waals surface area contributed by atoms with Crippen molar-refractivity contribution in [2.75, 3.05) is 128 Å². The van der Waals surface area contributed by atoms with Gasteiger partial charge < -0.3 is 49.3 Å². The lowest BCUT2D eigenvalue weighted by Crippen LogP contribution is -2.61. The number of amides is 2. The molecule has 6 atom stereocenters. The Morgan fingerprint density at radius 3 is 1.53 bits per heavy atom. The standard InChI is InChI=1S/C64H81ClF2N10O8/c1-40-28-74(34-57(78)76-38-63(3,4)59-54(76)23-44(61(80)70-59)21-42-7-11-46(66)12-8-42)48(26-68-40)30-72-17-19-82-51(32-72)36-84-50-15-16-53(65)56(25-50)85-37-52-33-73(18-20-83-52)31-49-27-69-41(2)29-75(49)35-58(79)77-39-64(5,6)60-55(77)24-45(62(81)71-60)22-43-9-13-47(67)14-10-43/h7-16,23-25,40-41,48-49,51-52,68-69H,17-22,26-39H2,1-6H3,(H,70,80)(H,71,81)/t40-,41-,48-,49-,51+,52+/m1/s1. The van der Waals surface area contributed by atoms with Crippen LogP contribution in [-0.4, -0.2) is 196 Å². The molecule has 8 heterocycles. The molecule has 18 nitrogen and oxygen atoms in total. The summed E-state index contributed by atoms with van der Waals surface area (Å²) < 4.78 is 52.5. The number of H-pyrrole nitrogens is 2. The molecule has 6 aliphatic rings.